The number of nitrogens with zero attached hydrogens (tertiary/aromatic N) is 1. The van der Waals surface area contributed by atoms with Gasteiger partial charge in [-0.25, -0.2) is 4.79 Å². The molecule has 1 aliphatic rings. The molecule has 0 fully saturated rings. The molecule has 1 aromatic carbocycles. The first kappa shape index (κ1) is 23.1. The van der Waals surface area contributed by atoms with Gasteiger partial charge < -0.3 is 19.5 Å². The van der Waals surface area contributed by atoms with E-state index in [-0.39, 0.29) is 18.5 Å². The van der Waals surface area contributed by atoms with E-state index in [1.54, 1.807) is 25.1 Å². The van der Waals surface area contributed by atoms with E-state index < -0.39 is 0 Å². The Bertz CT molecular complexity index is 940. The number of amides is 1. The summed E-state index contributed by atoms with van der Waals surface area (Å²) >= 11 is 1.45. The van der Waals surface area contributed by atoms with Crippen LogP contribution in [0.4, 0.5) is 5.00 Å². The third kappa shape index (κ3) is 5.19. The molecule has 31 heavy (non-hydrogen) atoms. The van der Waals surface area contributed by atoms with Gasteiger partial charge in [0.1, 0.15) is 5.00 Å². The normalized spacial score (nSPS) is 13.4. The van der Waals surface area contributed by atoms with Gasteiger partial charge in [0.05, 0.1) is 25.4 Å². The Balaban J connectivity index is 1.91. The van der Waals surface area contributed by atoms with Crippen molar-refractivity contribution >= 4 is 28.2 Å². The monoisotopic (exact) mass is 446 g/mol. The third-order valence-electron chi connectivity index (χ3n) is 5.10. The molecule has 1 aliphatic heterocycles. The van der Waals surface area contributed by atoms with Crippen LogP contribution in [0, 0.1) is 0 Å². The number of rotatable bonds is 9. The second-order valence-corrected chi connectivity index (χ2v) is 8.13. The van der Waals surface area contributed by atoms with E-state index in [1.807, 2.05) is 13.8 Å². The Hall–Kier alpha value is -2.58. The van der Waals surface area contributed by atoms with Crippen LogP contribution in [0.2, 0.25) is 0 Å². The molecular formula is C23H30N2O5S. The lowest BCUT2D eigenvalue weighted by atomic mass is 10.0. The zero-order valence-corrected chi connectivity index (χ0v) is 19.4. The van der Waals surface area contributed by atoms with Gasteiger partial charge in [0.15, 0.2) is 11.5 Å². The highest BCUT2D eigenvalue weighted by Gasteiger charge is 2.29. The van der Waals surface area contributed by atoms with Gasteiger partial charge in [-0.15, -0.1) is 11.3 Å². The molecule has 1 amide bonds. The average Bonchev–Trinajstić information content (AvgIpc) is 3.12. The molecule has 3 rings (SSSR count). The number of esters is 1. The van der Waals surface area contributed by atoms with E-state index >= 15 is 0 Å². The van der Waals surface area contributed by atoms with Crippen LogP contribution in [-0.2, 0) is 17.7 Å². The summed E-state index contributed by atoms with van der Waals surface area (Å²) in [5, 5.41) is 3.48. The number of benzene rings is 1. The van der Waals surface area contributed by atoms with Crippen molar-refractivity contribution in [2.75, 3.05) is 38.2 Å². The number of anilines is 1. The molecule has 0 saturated carbocycles. The van der Waals surface area contributed by atoms with Crippen LogP contribution in [0.1, 0.15) is 58.9 Å². The van der Waals surface area contributed by atoms with Crippen molar-refractivity contribution in [2.24, 2.45) is 0 Å². The minimum Gasteiger partial charge on any atom is -0.490 e. The molecule has 1 aromatic heterocycles. The molecule has 2 aromatic rings. The lowest BCUT2D eigenvalue weighted by Crippen LogP contribution is -2.30. The van der Waals surface area contributed by atoms with Crippen molar-refractivity contribution < 1.29 is 23.8 Å². The molecule has 0 aliphatic carbocycles. The van der Waals surface area contributed by atoms with E-state index in [1.165, 1.54) is 11.3 Å². The fourth-order valence-corrected chi connectivity index (χ4v) is 4.87. The number of carbonyl (C=O) groups is 2. The van der Waals surface area contributed by atoms with Crippen LogP contribution in [0.15, 0.2) is 18.2 Å². The summed E-state index contributed by atoms with van der Waals surface area (Å²) in [7, 11) is 0. The molecule has 168 valence electrons. The predicted octanol–water partition coefficient (Wildman–Crippen LogP) is 4.35. The van der Waals surface area contributed by atoms with E-state index in [0.717, 1.165) is 36.5 Å². The molecule has 8 heteroatoms. The first-order chi connectivity index (χ1) is 15.0. The zero-order valence-electron chi connectivity index (χ0n) is 18.6. The highest BCUT2D eigenvalue weighted by Crippen LogP contribution is 2.38. The van der Waals surface area contributed by atoms with Crippen molar-refractivity contribution in [3.63, 3.8) is 0 Å². The molecular weight excluding hydrogens is 416 g/mol. The fraction of sp³-hybridized carbons (Fsp3) is 0.478. The topological polar surface area (TPSA) is 77.1 Å². The lowest BCUT2D eigenvalue weighted by Gasteiger charge is -2.25. The van der Waals surface area contributed by atoms with Crippen molar-refractivity contribution in [3.05, 3.63) is 39.8 Å². The van der Waals surface area contributed by atoms with Gasteiger partial charge in [-0.05, 0) is 57.5 Å². The Kier molecular flexibility index (Phi) is 7.92. The number of thiophene rings is 1. The maximum absolute atomic E-state index is 13.0. The number of fused-ring (bicyclic) bond motifs is 1. The molecule has 7 nitrogen and oxygen atoms in total. The highest BCUT2D eigenvalue weighted by molar-refractivity contribution is 7.17. The van der Waals surface area contributed by atoms with Gasteiger partial charge in [-0.1, -0.05) is 6.92 Å². The average molecular weight is 447 g/mol. The van der Waals surface area contributed by atoms with Gasteiger partial charge in [0.2, 0.25) is 0 Å². The maximum Gasteiger partial charge on any atom is 0.341 e. The van der Waals surface area contributed by atoms with Crippen LogP contribution < -0.4 is 14.8 Å². The van der Waals surface area contributed by atoms with Crippen LogP contribution in [0.3, 0.4) is 0 Å². The number of likely N-dealkylation sites (N-methyl/N-ethyl adjacent to an activating group) is 1. The van der Waals surface area contributed by atoms with E-state index in [9.17, 15) is 9.59 Å². The summed E-state index contributed by atoms with van der Waals surface area (Å²) in [6, 6.07) is 5.09. The van der Waals surface area contributed by atoms with Gasteiger partial charge in [-0.2, -0.15) is 0 Å². The van der Waals surface area contributed by atoms with E-state index in [4.69, 9.17) is 14.2 Å². The maximum atomic E-state index is 13.0. The SMILES string of the molecule is CCOC(=O)c1c(NC(=O)c2ccc(OCC)c(OCC)c2)sc2c1CCN(CC)C2. The van der Waals surface area contributed by atoms with Crippen molar-refractivity contribution in [2.45, 2.75) is 40.7 Å². The standard InChI is InChI=1S/C23H30N2O5S/c1-5-25-12-11-16-19(14-25)31-22(20(16)23(27)30-8-4)24-21(26)15-9-10-17(28-6-2)18(13-15)29-7-3/h9-10,13H,5-8,11-12,14H2,1-4H3,(H,24,26). The second kappa shape index (κ2) is 10.6. The third-order valence-corrected chi connectivity index (χ3v) is 6.23. The van der Waals surface area contributed by atoms with Crippen LogP contribution in [0.5, 0.6) is 11.5 Å². The second-order valence-electron chi connectivity index (χ2n) is 7.03. The minimum atomic E-state index is -0.387. The summed E-state index contributed by atoms with van der Waals surface area (Å²) in [6.45, 7) is 11.5. The molecule has 0 bridgehead atoms. The van der Waals surface area contributed by atoms with Gasteiger partial charge >= 0.3 is 5.97 Å². The van der Waals surface area contributed by atoms with Crippen molar-refractivity contribution in [3.8, 4) is 11.5 Å². The summed E-state index contributed by atoms with van der Waals surface area (Å²) in [5.74, 6) is 0.425. The van der Waals surface area contributed by atoms with Crippen LogP contribution in [0.25, 0.3) is 0 Å². The smallest absolute Gasteiger partial charge is 0.341 e. The molecule has 0 radical (unpaired) electrons. The summed E-state index contributed by atoms with van der Waals surface area (Å²) < 4.78 is 16.5. The molecule has 0 spiro atoms. The quantitative estimate of drug-likeness (QED) is 0.577. The van der Waals surface area contributed by atoms with Gasteiger partial charge in [0.25, 0.3) is 5.91 Å². The highest BCUT2D eigenvalue weighted by atomic mass is 32.1. The predicted molar refractivity (Wildman–Crippen MR) is 122 cm³/mol. The first-order valence-electron chi connectivity index (χ1n) is 10.8. The number of hydrogen-bond acceptors (Lipinski definition) is 7. The Morgan fingerprint density at radius 1 is 1.06 bits per heavy atom. The Labute approximate surface area is 187 Å². The van der Waals surface area contributed by atoms with Crippen molar-refractivity contribution in [1.29, 1.82) is 0 Å². The van der Waals surface area contributed by atoms with E-state index in [2.05, 4.69) is 17.1 Å². The summed E-state index contributed by atoms with van der Waals surface area (Å²) in [4.78, 5) is 29.2. The fourth-order valence-electron chi connectivity index (χ4n) is 3.60. The molecule has 0 saturated heterocycles. The zero-order chi connectivity index (χ0) is 22.4. The summed E-state index contributed by atoms with van der Waals surface area (Å²) in [5.41, 5.74) is 1.91. The number of nitrogens with one attached hydrogen (secondary N) is 1. The number of ether oxygens (including phenoxy) is 3. The number of hydrogen-bond donors (Lipinski definition) is 1. The van der Waals surface area contributed by atoms with Gasteiger partial charge in [0, 0.05) is 23.5 Å². The van der Waals surface area contributed by atoms with Gasteiger partial charge in [-0.3, -0.25) is 9.69 Å². The Morgan fingerprint density at radius 2 is 1.81 bits per heavy atom. The van der Waals surface area contributed by atoms with Crippen molar-refractivity contribution in [1.82, 2.24) is 4.90 Å². The first-order valence-corrected chi connectivity index (χ1v) is 11.6. The van der Waals surface area contributed by atoms with E-state index in [0.29, 0.717) is 40.8 Å². The molecule has 1 N–H and O–H groups in total. The van der Waals surface area contributed by atoms with Crippen LogP contribution in [-0.4, -0.2) is 49.7 Å². The van der Waals surface area contributed by atoms with Crippen LogP contribution >= 0.6 is 11.3 Å². The lowest BCUT2D eigenvalue weighted by molar-refractivity contribution is 0.0526. The molecule has 0 atom stereocenters. The minimum absolute atomic E-state index is 0.286. The summed E-state index contributed by atoms with van der Waals surface area (Å²) in [6.07, 6.45) is 0.765. The molecule has 2 heterocycles. The Morgan fingerprint density at radius 3 is 2.48 bits per heavy atom. The molecule has 0 unspecified atom stereocenters. The largest absolute Gasteiger partial charge is 0.490 e. The number of carbonyl (C=O) groups excluding carboxylic acids is 2.